The molecule has 0 saturated heterocycles. The third kappa shape index (κ3) is 3.21. The second-order valence-electron chi connectivity index (χ2n) is 5.77. The van der Waals surface area contributed by atoms with Gasteiger partial charge in [-0.25, -0.2) is 4.39 Å². The number of halogens is 1. The number of para-hydroxylation sites is 1. The number of rotatable bonds is 4. The predicted octanol–water partition coefficient (Wildman–Crippen LogP) is 2.90. The summed E-state index contributed by atoms with van der Waals surface area (Å²) in [6, 6.07) is 9.87. The van der Waals surface area contributed by atoms with E-state index >= 15 is 0 Å². The molecule has 1 aromatic heterocycles. The van der Waals surface area contributed by atoms with Gasteiger partial charge in [0, 0.05) is 18.1 Å². The van der Waals surface area contributed by atoms with Crippen LogP contribution in [0.25, 0.3) is 10.9 Å². The number of nitrogens with one attached hydrogen (secondary N) is 1. The number of amides is 1. The summed E-state index contributed by atoms with van der Waals surface area (Å²) >= 11 is 0. The predicted molar refractivity (Wildman–Crippen MR) is 91.1 cm³/mol. The summed E-state index contributed by atoms with van der Waals surface area (Å²) < 4.78 is 15.7. The first-order chi connectivity index (χ1) is 11.9. The number of hydrogen-bond acceptors (Lipinski definition) is 3. The molecule has 0 aliphatic carbocycles. The first kappa shape index (κ1) is 16.6. The van der Waals surface area contributed by atoms with Crippen LogP contribution in [0.15, 0.2) is 36.4 Å². The van der Waals surface area contributed by atoms with Crippen LogP contribution in [-0.2, 0) is 18.3 Å². The Labute approximate surface area is 142 Å². The molecule has 3 rings (SSSR count). The first-order valence-corrected chi connectivity index (χ1v) is 7.60. The molecule has 0 spiro atoms. The summed E-state index contributed by atoms with van der Waals surface area (Å²) in [7, 11) is 1.74. The SMILES string of the molecule is Cc1cc(CC(=O)O)c(F)cc1NC(=O)c1nn(C)c2ccccc12. The van der Waals surface area contributed by atoms with Gasteiger partial charge in [-0.05, 0) is 30.2 Å². The van der Waals surface area contributed by atoms with Crippen molar-refractivity contribution in [3.8, 4) is 0 Å². The average molecular weight is 341 g/mol. The van der Waals surface area contributed by atoms with Crippen LogP contribution < -0.4 is 5.32 Å². The highest BCUT2D eigenvalue weighted by Gasteiger charge is 2.18. The van der Waals surface area contributed by atoms with E-state index in [0.29, 0.717) is 10.9 Å². The lowest BCUT2D eigenvalue weighted by Crippen LogP contribution is -2.15. The Bertz CT molecular complexity index is 995. The number of carboxylic acid groups (broad SMARTS) is 1. The molecule has 25 heavy (non-hydrogen) atoms. The normalized spacial score (nSPS) is 10.8. The standard InChI is InChI=1S/C18H16FN3O3/c1-10-7-11(8-16(23)24)13(19)9-14(10)20-18(25)17-12-5-3-4-6-15(12)22(2)21-17/h3-7,9H,8H2,1-2H3,(H,20,25)(H,23,24). The van der Waals surface area contributed by atoms with Crippen molar-refractivity contribution in [3.63, 3.8) is 0 Å². The van der Waals surface area contributed by atoms with Gasteiger partial charge in [-0.2, -0.15) is 5.10 Å². The highest BCUT2D eigenvalue weighted by atomic mass is 19.1. The molecular weight excluding hydrogens is 325 g/mol. The van der Waals surface area contributed by atoms with Crippen molar-refractivity contribution in [2.75, 3.05) is 5.32 Å². The molecule has 2 aromatic carbocycles. The van der Waals surface area contributed by atoms with Crippen molar-refractivity contribution in [2.24, 2.45) is 7.05 Å². The molecule has 128 valence electrons. The monoisotopic (exact) mass is 341 g/mol. The zero-order valence-corrected chi connectivity index (χ0v) is 13.7. The van der Waals surface area contributed by atoms with Gasteiger partial charge in [-0.3, -0.25) is 14.3 Å². The molecule has 0 saturated carbocycles. The number of carboxylic acids is 1. The van der Waals surface area contributed by atoms with Crippen LogP contribution in [-0.4, -0.2) is 26.8 Å². The van der Waals surface area contributed by atoms with E-state index < -0.39 is 24.1 Å². The average Bonchev–Trinajstić information content (AvgIpc) is 2.89. The van der Waals surface area contributed by atoms with E-state index in [1.165, 1.54) is 6.07 Å². The van der Waals surface area contributed by atoms with Crippen LogP contribution in [0.1, 0.15) is 21.6 Å². The largest absolute Gasteiger partial charge is 0.481 e. The number of aliphatic carboxylic acids is 1. The molecule has 0 fully saturated rings. The van der Waals surface area contributed by atoms with Crippen molar-refractivity contribution in [1.29, 1.82) is 0 Å². The Kier molecular flexibility index (Phi) is 4.22. The molecule has 0 aliphatic heterocycles. The summed E-state index contributed by atoms with van der Waals surface area (Å²) in [5.41, 5.74) is 1.99. The van der Waals surface area contributed by atoms with Gasteiger partial charge in [0.25, 0.3) is 5.91 Å². The minimum Gasteiger partial charge on any atom is -0.481 e. The lowest BCUT2D eigenvalue weighted by Gasteiger charge is -2.10. The van der Waals surface area contributed by atoms with Crippen molar-refractivity contribution in [2.45, 2.75) is 13.3 Å². The summed E-state index contributed by atoms with van der Waals surface area (Å²) in [6.45, 7) is 1.68. The molecule has 1 amide bonds. The second kappa shape index (κ2) is 6.35. The zero-order chi connectivity index (χ0) is 18.1. The smallest absolute Gasteiger partial charge is 0.307 e. The van der Waals surface area contributed by atoms with Gasteiger partial charge in [0.1, 0.15) is 5.82 Å². The van der Waals surface area contributed by atoms with Gasteiger partial charge in [0.05, 0.1) is 11.9 Å². The Morgan fingerprint density at radius 1 is 1.28 bits per heavy atom. The summed E-state index contributed by atoms with van der Waals surface area (Å²) in [5.74, 6) is -2.24. The minimum atomic E-state index is -1.12. The van der Waals surface area contributed by atoms with Crippen molar-refractivity contribution >= 4 is 28.5 Å². The number of nitrogens with zero attached hydrogens (tertiary/aromatic N) is 2. The Hall–Kier alpha value is -3.22. The van der Waals surface area contributed by atoms with E-state index in [0.717, 1.165) is 11.6 Å². The molecule has 0 atom stereocenters. The van der Waals surface area contributed by atoms with Crippen molar-refractivity contribution in [1.82, 2.24) is 9.78 Å². The summed E-state index contributed by atoms with van der Waals surface area (Å²) in [5, 5.41) is 16.4. The van der Waals surface area contributed by atoms with Crippen LogP contribution in [0.4, 0.5) is 10.1 Å². The molecular formula is C18H16FN3O3. The van der Waals surface area contributed by atoms with E-state index in [2.05, 4.69) is 10.4 Å². The molecule has 0 aliphatic rings. The third-order valence-electron chi connectivity index (χ3n) is 3.96. The molecule has 0 bridgehead atoms. The number of anilines is 1. The van der Waals surface area contributed by atoms with Gasteiger partial charge in [-0.15, -0.1) is 0 Å². The van der Waals surface area contributed by atoms with E-state index in [-0.39, 0.29) is 16.9 Å². The molecule has 1 heterocycles. The van der Waals surface area contributed by atoms with Crippen LogP contribution in [0.2, 0.25) is 0 Å². The van der Waals surface area contributed by atoms with Gasteiger partial charge in [-0.1, -0.05) is 24.3 Å². The molecule has 0 radical (unpaired) electrons. The zero-order valence-electron chi connectivity index (χ0n) is 13.7. The van der Waals surface area contributed by atoms with Crippen molar-refractivity contribution in [3.05, 3.63) is 59.0 Å². The fraction of sp³-hybridized carbons (Fsp3) is 0.167. The topological polar surface area (TPSA) is 84.2 Å². The van der Waals surface area contributed by atoms with Gasteiger partial charge in [0.2, 0.25) is 0 Å². The second-order valence-corrected chi connectivity index (χ2v) is 5.77. The highest BCUT2D eigenvalue weighted by Crippen LogP contribution is 2.23. The maximum atomic E-state index is 14.1. The van der Waals surface area contributed by atoms with E-state index in [4.69, 9.17) is 5.11 Å². The Balaban J connectivity index is 1.93. The first-order valence-electron chi connectivity index (χ1n) is 7.60. The van der Waals surface area contributed by atoms with E-state index in [1.807, 2.05) is 18.2 Å². The molecule has 2 N–H and O–H groups in total. The lowest BCUT2D eigenvalue weighted by molar-refractivity contribution is -0.136. The Morgan fingerprint density at radius 2 is 2.00 bits per heavy atom. The quantitative estimate of drug-likeness (QED) is 0.764. The fourth-order valence-electron chi connectivity index (χ4n) is 2.74. The van der Waals surface area contributed by atoms with Crippen molar-refractivity contribution < 1.29 is 19.1 Å². The van der Waals surface area contributed by atoms with E-state index in [1.54, 1.807) is 24.7 Å². The number of hydrogen-bond donors (Lipinski definition) is 2. The number of fused-ring (bicyclic) bond motifs is 1. The molecule has 0 unspecified atom stereocenters. The molecule has 3 aromatic rings. The van der Waals surface area contributed by atoms with Crippen LogP contribution in [0, 0.1) is 12.7 Å². The molecule has 6 nitrogen and oxygen atoms in total. The molecule has 7 heteroatoms. The summed E-state index contributed by atoms with van der Waals surface area (Å²) in [4.78, 5) is 23.3. The van der Waals surface area contributed by atoms with Crippen LogP contribution in [0.5, 0.6) is 0 Å². The number of aryl methyl sites for hydroxylation is 2. The van der Waals surface area contributed by atoms with Gasteiger partial charge in [0.15, 0.2) is 5.69 Å². The summed E-state index contributed by atoms with van der Waals surface area (Å²) in [6.07, 6.45) is -0.411. The van der Waals surface area contributed by atoms with Crippen LogP contribution in [0.3, 0.4) is 0 Å². The third-order valence-corrected chi connectivity index (χ3v) is 3.96. The minimum absolute atomic E-state index is 0.0753. The van der Waals surface area contributed by atoms with Crippen LogP contribution >= 0.6 is 0 Å². The maximum Gasteiger partial charge on any atom is 0.307 e. The van der Waals surface area contributed by atoms with E-state index in [9.17, 15) is 14.0 Å². The highest BCUT2D eigenvalue weighted by molar-refractivity contribution is 6.11. The maximum absolute atomic E-state index is 14.1. The number of carbonyl (C=O) groups excluding carboxylic acids is 1. The fourth-order valence-corrected chi connectivity index (χ4v) is 2.74. The Morgan fingerprint density at radius 3 is 2.72 bits per heavy atom. The van der Waals surface area contributed by atoms with Gasteiger partial charge >= 0.3 is 5.97 Å². The number of benzene rings is 2. The number of carbonyl (C=O) groups is 2. The van der Waals surface area contributed by atoms with Gasteiger partial charge < -0.3 is 10.4 Å². The number of aromatic nitrogens is 2. The lowest BCUT2D eigenvalue weighted by atomic mass is 10.1.